The van der Waals surface area contributed by atoms with E-state index < -0.39 is 27.1 Å². The van der Waals surface area contributed by atoms with Gasteiger partial charge in [-0.15, -0.1) is 0 Å². The predicted octanol–water partition coefficient (Wildman–Crippen LogP) is 3.62. The summed E-state index contributed by atoms with van der Waals surface area (Å²) in [5.74, 6) is -0.431. The fourth-order valence-corrected chi connectivity index (χ4v) is 2.74. The number of rotatable bonds is 6. The van der Waals surface area contributed by atoms with Crippen LogP contribution < -0.4 is 0 Å². The molecule has 0 aromatic heterocycles. The van der Waals surface area contributed by atoms with E-state index in [1.165, 1.54) is 0 Å². The molecular weight excluding hydrogens is 338 g/mol. The summed E-state index contributed by atoms with van der Waals surface area (Å²) in [6, 6.07) is 10.9. The molecule has 2 aromatic carbocycles. The minimum absolute atomic E-state index is 0.0371. The lowest BCUT2D eigenvalue weighted by molar-refractivity contribution is -0.394. The van der Waals surface area contributed by atoms with Crippen molar-refractivity contribution in [3.8, 4) is 0 Å². The van der Waals surface area contributed by atoms with E-state index in [1.807, 2.05) is 31.2 Å². The van der Waals surface area contributed by atoms with Gasteiger partial charge in [0.1, 0.15) is 0 Å². The van der Waals surface area contributed by atoms with Crippen LogP contribution in [0.3, 0.4) is 0 Å². The number of nitro groups is 2. The Morgan fingerprint density at radius 1 is 1.04 bits per heavy atom. The normalized spacial score (nSPS) is 13.3. The molecule has 1 amide bonds. The molecule has 0 unspecified atom stereocenters. The lowest BCUT2D eigenvalue weighted by Gasteiger charge is -2.22. The van der Waals surface area contributed by atoms with Crippen molar-refractivity contribution in [2.75, 3.05) is 0 Å². The van der Waals surface area contributed by atoms with Crippen molar-refractivity contribution < 1.29 is 14.6 Å². The van der Waals surface area contributed by atoms with Gasteiger partial charge >= 0.3 is 0 Å². The quantitative estimate of drug-likeness (QED) is 0.581. The molecule has 26 heavy (non-hydrogen) atoms. The first kappa shape index (κ1) is 17.5. The minimum Gasteiger partial charge on any atom is -0.331 e. The van der Waals surface area contributed by atoms with E-state index in [0.29, 0.717) is 6.54 Å². The second-order valence-corrected chi connectivity index (χ2v) is 6.40. The molecular formula is C18H17N3O5. The summed E-state index contributed by atoms with van der Waals surface area (Å²) in [6.07, 6.45) is 1.71. The van der Waals surface area contributed by atoms with Gasteiger partial charge in [-0.05, 0) is 25.3 Å². The average molecular weight is 355 g/mol. The zero-order valence-electron chi connectivity index (χ0n) is 14.1. The molecule has 1 aliphatic rings. The molecule has 8 nitrogen and oxygen atoms in total. The van der Waals surface area contributed by atoms with E-state index in [-0.39, 0.29) is 11.6 Å². The Labute approximate surface area is 149 Å². The zero-order valence-corrected chi connectivity index (χ0v) is 14.1. The Morgan fingerprint density at radius 3 is 2.04 bits per heavy atom. The maximum absolute atomic E-state index is 12.9. The molecule has 8 heteroatoms. The summed E-state index contributed by atoms with van der Waals surface area (Å²) in [7, 11) is 0. The lowest BCUT2D eigenvalue weighted by Crippen LogP contribution is -2.32. The molecule has 0 aliphatic heterocycles. The van der Waals surface area contributed by atoms with Crippen LogP contribution in [0.25, 0.3) is 0 Å². The van der Waals surface area contributed by atoms with Crippen LogP contribution in [-0.4, -0.2) is 26.7 Å². The van der Waals surface area contributed by atoms with Gasteiger partial charge in [0.15, 0.2) is 0 Å². The summed E-state index contributed by atoms with van der Waals surface area (Å²) in [4.78, 5) is 35.2. The van der Waals surface area contributed by atoms with Crippen molar-refractivity contribution in [3.63, 3.8) is 0 Å². The number of nitrogens with zero attached hydrogens (tertiary/aromatic N) is 3. The fraction of sp³-hybridized carbons (Fsp3) is 0.278. The van der Waals surface area contributed by atoms with Gasteiger partial charge in [-0.3, -0.25) is 25.0 Å². The summed E-state index contributed by atoms with van der Waals surface area (Å²) in [6.45, 7) is 2.33. The number of hydrogen-bond acceptors (Lipinski definition) is 5. The molecule has 0 N–H and O–H groups in total. The molecule has 0 radical (unpaired) electrons. The van der Waals surface area contributed by atoms with Crippen LogP contribution in [-0.2, 0) is 6.54 Å². The van der Waals surface area contributed by atoms with E-state index in [0.717, 1.165) is 42.2 Å². The second-order valence-electron chi connectivity index (χ2n) is 6.40. The van der Waals surface area contributed by atoms with Crippen molar-refractivity contribution in [1.82, 2.24) is 4.90 Å². The second kappa shape index (κ2) is 6.91. The van der Waals surface area contributed by atoms with Gasteiger partial charge in [0.2, 0.25) is 0 Å². The first-order chi connectivity index (χ1) is 12.3. The Kier molecular flexibility index (Phi) is 4.66. The third-order valence-corrected chi connectivity index (χ3v) is 4.29. The number of amides is 1. The van der Waals surface area contributed by atoms with Crippen molar-refractivity contribution in [2.24, 2.45) is 0 Å². The maximum atomic E-state index is 12.9. The lowest BCUT2D eigenvalue weighted by atomic mass is 10.1. The number of aryl methyl sites for hydroxylation is 1. The molecule has 1 fully saturated rings. The number of non-ortho nitro benzene ring substituents is 2. The Bertz CT molecular complexity index is 843. The topological polar surface area (TPSA) is 107 Å². The molecule has 0 atom stereocenters. The SMILES string of the molecule is Cc1ccc(CN(C(=O)c2cc([N+](=O)[O-])cc([N+](=O)[O-])c2)C2CC2)cc1. The Hall–Kier alpha value is -3.29. The smallest absolute Gasteiger partial charge is 0.277 e. The molecule has 134 valence electrons. The van der Waals surface area contributed by atoms with Crippen LogP contribution in [0.15, 0.2) is 42.5 Å². The highest BCUT2D eigenvalue weighted by Gasteiger charge is 2.34. The van der Waals surface area contributed by atoms with Crippen LogP contribution >= 0.6 is 0 Å². The minimum atomic E-state index is -0.731. The maximum Gasteiger partial charge on any atom is 0.277 e. The standard InChI is InChI=1S/C18H17N3O5/c1-12-2-4-13(5-3-12)11-19(15-6-7-15)18(22)14-8-16(20(23)24)10-17(9-14)21(25)26/h2-5,8-10,15H,6-7,11H2,1H3. The van der Waals surface area contributed by atoms with Gasteiger partial charge in [0.05, 0.1) is 21.5 Å². The summed E-state index contributed by atoms with van der Waals surface area (Å²) >= 11 is 0. The van der Waals surface area contributed by atoms with Crippen LogP contribution in [0.4, 0.5) is 11.4 Å². The van der Waals surface area contributed by atoms with Gasteiger partial charge < -0.3 is 4.90 Å². The molecule has 0 saturated heterocycles. The molecule has 1 aliphatic carbocycles. The van der Waals surface area contributed by atoms with Gasteiger partial charge in [-0.1, -0.05) is 29.8 Å². The number of hydrogen-bond donors (Lipinski definition) is 0. The number of carbonyl (C=O) groups is 1. The molecule has 0 spiro atoms. The third kappa shape index (κ3) is 3.85. The van der Waals surface area contributed by atoms with Crippen molar-refractivity contribution in [1.29, 1.82) is 0 Å². The third-order valence-electron chi connectivity index (χ3n) is 4.29. The highest BCUT2D eigenvalue weighted by atomic mass is 16.6. The summed E-state index contributed by atoms with van der Waals surface area (Å²) in [5.41, 5.74) is 1.08. The van der Waals surface area contributed by atoms with Gasteiger partial charge in [0, 0.05) is 24.7 Å². The molecule has 2 aromatic rings. The summed E-state index contributed by atoms with van der Waals surface area (Å²) in [5, 5.41) is 22.1. The van der Waals surface area contributed by atoms with Crippen molar-refractivity contribution in [3.05, 3.63) is 79.4 Å². The predicted molar refractivity (Wildman–Crippen MR) is 93.8 cm³/mol. The average Bonchev–Trinajstić information content (AvgIpc) is 3.45. The number of benzene rings is 2. The molecule has 0 heterocycles. The van der Waals surface area contributed by atoms with Crippen LogP contribution in [0.1, 0.15) is 34.3 Å². The van der Waals surface area contributed by atoms with Crippen LogP contribution in [0, 0.1) is 27.2 Å². The van der Waals surface area contributed by atoms with E-state index in [1.54, 1.807) is 4.90 Å². The van der Waals surface area contributed by atoms with Gasteiger partial charge in [-0.25, -0.2) is 0 Å². The summed E-state index contributed by atoms with van der Waals surface area (Å²) < 4.78 is 0. The first-order valence-corrected chi connectivity index (χ1v) is 8.15. The zero-order chi connectivity index (χ0) is 18.8. The Morgan fingerprint density at radius 2 is 1.58 bits per heavy atom. The monoisotopic (exact) mass is 355 g/mol. The van der Waals surface area contributed by atoms with Crippen LogP contribution in [0.5, 0.6) is 0 Å². The molecule has 3 rings (SSSR count). The van der Waals surface area contributed by atoms with Crippen molar-refractivity contribution in [2.45, 2.75) is 32.4 Å². The van der Waals surface area contributed by atoms with E-state index in [4.69, 9.17) is 0 Å². The molecule has 0 bridgehead atoms. The highest BCUT2D eigenvalue weighted by Crippen LogP contribution is 2.31. The highest BCUT2D eigenvalue weighted by molar-refractivity contribution is 5.96. The largest absolute Gasteiger partial charge is 0.331 e. The van der Waals surface area contributed by atoms with E-state index in [2.05, 4.69) is 0 Å². The van der Waals surface area contributed by atoms with Gasteiger partial charge in [0.25, 0.3) is 17.3 Å². The number of nitro benzene ring substituents is 2. The first-order valence-electron chi connectivity index (χ1n) is 8.15. The fourth-order valence-electron chi connectivity index (χ4n) is 2.74. The van der Waals surface area contributed by atoms with Crippen molar-refractivity contribution >= 4 is 17.3 Å². The number of carbonyl (C=O) groups excluding carboxylic acids is 1. The molecule has 1 saturated carbocycles. The Balaban J connectivity index is 1.93. The van der Waals surface area contributed by atoms with E-state index in [9.17, 15) is 25.0 Å². The van der Waals surface area contributed by atoms with Gasteiger partial charge in [-0.2, -0.15) is 0 Å². The van der Waals surface area contributed by atoms with E-state index >= 15 is 0 Å². The van der Waals surface area contributed by atoms with Crippen LogP contribution in [0.2, 0.25) is 0 Å².